The smallest absolute Gasteiger partial charge is 0.465 e. The molecule has 1 fully saturated rings. The number of esters is 1. The number of quaternary nitrogens is 1. The van der Waals surface area contributed by atoms with Gasteiger partial charge in [0.15, 0.2) is 17.3 Å². The fraction of sp³-hybridized carbons (Fsp3) is 0.478. The van der Waals surface area contributed by atoms with Gasteiger partial charge in [-0.3, -0.25) is 14.6 Å². The molecule has 3 rings (SSSR count). The molecule has 36 heavy (non-hydrogen) atoms. The number of carbonyl (C=O) groups is 2. The van der Waals surface area contributed by atoms with Crippen molar-refractivity contribution in [2.45, 2.75) is 39.0 Å². The van der Waals surface area contributed by atoms with Crippen molar-refractivity contribution in [1.82, 2.24) is 20.0 Å². The molecular formula is C23H28F4N5O4+. The molecule has 0 bridgehead atoms. The third-order valence-electron chi connectivity index (χ3n) is 5.89. The summed E-state index contributed by atoms with van der Waals surface area (Å²) in [7, 11) is 0.986. The summed E-state index contributed by atoms with van der Waals surface area (Å²) in [5.41, 5.74) is -1.06. The van der Waals surface area contributed by atoms with E-state index in [2.05, 4.69) is 37.2 Å². The quantitative estimate of drug-likeness (QED) is 0.214. The number of methoxy groups -OCH3 is 1. The predicted molar refractivity (Wildman–Crippen MR) is 123 cm³/mol. The summed E-state index contributed by atoms with van der Waals surface area (Å²) in [4.78, 5) is 24.8. The van der Waals surface area contributed by atoms with Crippen LogP contribution >= 0.6 is 0 Å². The molecule has 0 aliphatic carbocycles. The van der Waals surface area contributed by atoms with E-state index in [-0.39, 0.29) is 5.69 Å². The number of unbranched alkanes of at least 4 members (excludes halogenated alkanes) is 3. The number of alkyl halides is 3. The van der Waals surface area contributed by atoms with Crippen LogP contribution in [0.1, 0.15) is 53.5 Å². The Hall–Kier alpha value is -3.32. The number of halogens is 4. The van der Waals surface area contributed by atoms with Crippen molar-refractivity contribution in [2.75, 3.05) is 38.7 Å². The Morgan fingerprint density at radius 3 is 2.53 bits per heavy atom. The normalized spacial score (nSPS) is 17.6. The van der Waals surface area contributed by atoms with Gasteiger partial charge in [-0.25, -0.2) is 9.18 Å². The summed E-state index contributed by atoms with van der Waals surface area (Å²) in [6.45, 7) is 5.38. The van der Waals surface area contributed by atoms with Gasteiger partial charge in [-0.2, -0.15) is 0 Å². The molecule has 2 aromatic rings. The molecule has 0 radical (unpaired) electrons. The fourth-order valence-electron chi connectivity index (χ4n) is 4.03. The van der Waals surface area contributed by atoms with Crippen molar-refractivity contribution in [1.29, 1.82) is 0 Å². The van der Waals surface area contributed by atoms with E-state index >= 15 is 0 Å². The first-order chi connectivity index (χ1) is 17.1. The van der Waals surface area contributed by atoms with Crippen LogP contribution in [0.15, 0.2) is 24.3 Å². The molecule has 1 aliphatic heterocycles. The van der Waals surface area contributed by atoms with Gasteiger partial charge in [0.05, 0.1) is 38.0 Å². The zero-order valence-electron chi connectivity index (χ0n) is 20.0. The van der Waals surface area contributed by atoms with Gasteiger partial charge in [0.2, 0.25) is 5.82 Å². The lowest BCUT2D eigenvalue weighted by Crippen LogP contribution is -2.49. The highest BCUT2D eigenvalue weighted by molar-refractivity contribution is 6.07. The molecule has 13 heteroatoms. The van der Waals surface area contributed by atoms with E-state index in [1.165, 1.54) is 6.07 Å². The second-order valence-electron chi connectivity index (χ2n) is 8.41. The van der Waals surface area contributed by atoms with Crippen molar-refractivity contribution < 1.29 is 36.6 Å². The summed E-state index contributed by atoms with van der Waals surface area (Å²) < 4.78 is 60.6. The largest absolute Gasteiger partial charge is 0.573 e. The number of carbonyl (C=O) groups excluding carboxylic acids is 2. The first-order valence-corrected chi connectivity index (χ1v) is 11.5. The molecule has 1 aromatic carbocycles. The zero-order valence-corrected chi connectivity index (χ0v) is 20.0. The molecule has 2 N–H and O–H groups in total. The summed E-state index contributed by atoms with van der Waals surface area (Å²) in [5, 5.41) is 13.9. The highest BCUT2D eigenvalue weighted by Gasteiger charge is 2.36. The summed E-state index contributed by atoms with van der Waals surface area (Å²) >= 11 is 0. The third-order valence-corrected chi connectivity index (χ3v) is 5.89. The van der Waals surface area contributed by atoms with Crippen LogP contribution in [0, 0.1) is 5.82 Å². The molecule has 0 saturated carbocycles. The van der Waals surface area contributed by atoms with Crippen LogP contribution in [-0.2, 0) is 4.74 Å². The third kappa shape index (κ3) is 6.66. The van der Waals surface area contributed by atoms with E-state index in [4.69, 9.17) is 0 Å². The van der Waals surface area contributed by atoms with E-state index in [0.717, 1.165) is 52.4 Å². The topological polar surface area (TPSA) is 102 Å². The molecule has 1 aliphatic rings. The van der Waals surface area contributed by atoms with Crippen LogP contribution in [0.2, 0.25) is 0 Å². The summed E-state index contributed by atoms with van der Waals surface area (Å²) in [6, 6.07) is 4.19. The standard InChI is InChI=1S/C23H27F4N5O4/c1-3-4-5-6-10-32(11-9-28-14-32)20-8-7-17(30-31-20)21(33)29-18-13-16(24)19(36-23(25,26)27)12-15(18)22(34)35-2/h7-8,12-13,28H,3-6,9-11,14H2,1-2H3/p+1. The maximum Gasteiger partial charge on any atom is 0.573 e. The maximum atomic E-state index is 14.2. The molecule has 9 nitrogen and oxygen atoms in total. The van der Waals surface area contributed by atoms with Crippen molar-refractivity contribution in [3.8, 4) is 5.75 Å². The average molecular weight is 515 g/mol. The van der Waals surface area contributed by atoms with Crippen LogP contribution in [0.5, 0.6) is 5.75 Å². The Kier molecular flexibility index (Phi) is 8.79. The predicted octanol–water partition coefficient (Wildman–Crippen LogP) is 4.00. The SMILES string of the molecule is CCCCCC[N+]1(c2ccc(C(=O)Nc3cc(F)c(OC(F)(F)F)cc3C(=O)OC)nn2)CCNC1. The van der Waals surface area contributed by atoms with Gasteiger partial charge in [-0.15, -0.1) is 18.3 Å². The first kappa shape index (κ1) is 27.3. The number of rotatable bonds is 10. The Bertz CT molecular complexity index is 1070. The monoisotopic (exact) mass is 514 g/mol. The zero-order chi connectivity index (χ0) is 26.3. The Labute approximate surface area is 205 Å². The molecule has 0 spiro atoms. The van der Waals surface area contributed by atoms with E-state index in [1.807, 2.05) is 0 Å². The van der Waals surface area contributed by atoms with Crippen LogP contribution in [0.25, 0.3) is 0 Å². The molecule has 1 unspecified atom stereocenters. The van der Waals surface area contributed by atoms with Crippen molar-refractivity contribution >= 4 is 23.4 Å². The summed E-state index contributed by atoms with van der Waals surface area (Å²) in [5.74, 6) is -3.92. The Morgan fingerprint density at radius 2 is 1.94 bits per heavy atom. The van der Waals surface area contributed by atoms with Crippen LogP contribution in [0.3, 0.4) is 0 Å². The number of hydrogen-bond donors (Lipinski definition) is 2. The second kappa shape index (κ2) is 11.6. The van der Waals surface area contributed by atoms with Gasteiger partial charge in [0, 0.05) is 18.2 Å². The second-order valence-corrected chi connectivity index (χ2v) is 8.41. The van der Waals surface area contributed by atoms with E-state index < -0.39 is 41.1 Å². The molecule has 196 valence electrons. The molecule has 1 aromatic heterocycles. The summed E-state index contributed by atoms with van der Waals surface area (Å²) in [6.07, 6.45) is -0.778. The van der Waals surface area contributed by atoms with Crippen molar-refractivity contribution in [2.24, 2.45) is 0 Å². The highest BCUT2D eigenvalue weighted by Crippen LogP contribution is 2.31. The molecular weight excluding hydrogens is 486 g/mol. The lowest BCUT2D eigenvalue weighted by molar-refractivity contribution is -0.275. The van der Waals surface area contributed by atoms with Gasteiger partial charge in [0.1, 0.15) is 6.67 Å². The lowest BCUT2D eigenvalue weighted by atomic mass is 10.1. The average Bonchev–Trinajstić information content (AvgIpc) is 3.32. The Morgan fingerprint density at radius 1 is 1.17 bits per heavy atom. The van der Waals surface area contributed by atoms with Gasteiger partial charge in [-0.1, -0.05) is 24.9 Å². The number of amides is 1. The van der Waals surface area contributed by atoms with Crippen LogP contribution in [-0.4, -0.2) is 61.8 Å². The molecule has 1 amide bonds. The van der Waals surface area contributed by atoms with Crippen molar-refractivity contribution in [3.05, 3.63) is 41.3 Å². The number of hydrogen-bond acceptors (Lipinski definition) is 7. The fourth-order valence-corrected chi connectivity index (χ4v) is 4.03. The minimum atomic E-state index is -5.18. The van der Waals surface area contributed by atoms with Gasteiger partial charge in [-0.05, 0) is 18.9 Å². The van der Waals surface area contributed by atoms with Crippen LogP contribution < -0.4 is 19.9 Å². The lowest BCUT2D eigenvalue weighted by Gasteiger charge is -2.31. The number of nitrogens with zero attached hydrogens (tertiary/aromatic N) is 3. The highest BCUT2D eigenvalue weighted by atomic mass is 19.4. The van der Waals surface area contributed by atoms with Crippen LogP contribution in [0.4, 0.5) is 29.1 Å². The minimum absolute atomic E-state index is 0.123. The molecule has 2 heterocycles. The number of ether oxygens (including phenoxy) is 2. The minimum Gasteiger partial charge on any atom is -0.465 e. The van der Waals surface area contributed by atoms with Gasteiger partial charge in [0.25, 0.3) is 5.91 Å². The number of aromatic nitrogens is 2. The van der Waals surface area contributed by atoms with E-state index in [9.17, 15) is 27.2 Å². The Balaban J connectivity index is 1.80. The van der Waals surface area contributed by atoms with Crippen molar-refractivity contribution in [3.63, 3.8) is 0 Å². The van der Waals surface area contributed by atoms with E-state index in [0.29, 0.717) is 29.1 Å². The van der Waals surface area contributed by atoms with Gasteiger partial charge >= 0.3 is 12.3 Å². The maximum absolute atomic E-state index is 14.2. The number of nitrogens with one attached hydrogen (secondary N) is 2. The van der Waals surface area contributed by atoms with Gasteiger partial charge < -0.3 is 14.8 Å². The number of anilines is 1. The first-order valence-electron chi connectivity index (χ1n) is 11.5. The van der Waals surface area contributed by atoms with E-state index in [1.54, 1.807) is 6.07 Å². The molecule has 1 saturated heterocycles. The molecule has 1 atom stereocenters. The number of benzene rings is 1.